The molecule has 172 valence electrons. The van der Waals surface area contributed by atoms with E-state index < -0.39 is 40.7 Å². The summed E-state index contributed by atoms with van der Waals surface area (Å²) in [5.41, 5.74) is -1.69. The Kier molecular flexibility index (Phi) is 6.21. The number of ketones is 2. The predicted octanol–water partition coefficient (Wildman–Crippen LogP) is 3.37. The molecule has 1 aliphatic heterocycles. The lowest BCUT2D eigenvalue weighted by Gasteiger charge is -2.47. The summed E-state index contributed by atoms with van der Waals surface area (Å²) in [4.78, 5) is 27.0. The minimum atomic E-state index is -1.71. The van der Waals surface area contributed by atoms with Crippen molar-refractivity contribution in [3.63, 3.8) is 0 Å². The number of benzene rings is 1. The van der Waals surface area contributed by atoms with E-state index in [-0.39, 0.29) is 28.9 Å². The third kappa shape index (κ3) is 4.03. The standard InChI is InChI=1S/C25H30O7/c1-13(2)18(27)7-6-14(3)8-9-25-17(12-20(29)24(4,5)32-25)22(30)21-16(23(25)31)10-15(26)11-19(21)28/h8,10-12,18,20,26-29H,1,6-7,9H2,2-5H3. The van der Waals surface area contributed by atoms with Crippen LogP contribution >= 0.6 is 0 Å². The average Bonchev–Trinajstić information content (AvgIpc) is 2.69. The van der Waals surface area contributed by atoms with E-state index in [1.807, 2.05) is 6.92 Å². The zero-order valence-electron chi connectivity index (χ0n) is 18.8. The number of hydrogen-bond acceptors (Lipinski definition) is 7. The highest BCUT2D eigenvalue weighted by molar-refractivity contribution is 6.28. The fraction of sp³-hybridized carbons (Fsp3) is 0.440. The maximum Gasteiger partial charge on any atom is 0.200 e. The van der Waals surface area contributed by atoms with Crippen molar-refractivity contribution in [1.82, 2.24) is 0 Å². The van der Waals surface area contributed by atoms with Crippen LogP contribution in [0.2, 0.25) is 0 Å². The molecule has 3 unspecified atom stereocenters. The first-order valence-electron chi connectivity index (χ1n) is 10.5. The largest absolute Gasteiger partial charge is 0.508 e. The van der Waals surface area contributed by atoms with Gasteiger partial charge in [-0.25, -0.2) is 0 Å². The van der Waals surface area contributed by atoms with Crippen LogP contribution in [-0.2, 0) is 4.74 Å². The molecule has 0 bridgehead atoms. The minimum absolute atomic E-state index is 0.0183. The number of carbonyl (C=O) groups excluding carboxylic acids is 2. The SMILES string of the molecule is C=C(C)C(O)CCC(C)=CCC12OC(C)(C)C(O)C=C1C(=O)c1c(O)cc(O)cc1C2=O. The first kappa shape index (κ1) is 23.9. The molecule has 0 spiro atoms. The Hall–Kier alpha value is -2.74. The highest BCUT2D eigenvalue weighted by atomic mass is 16.5. The fourth-order valence-electron chi connectivity index (χ4n) is 4.14. The lowest BCUT2D eigenvalue weighted by Crippen LogP contribution is -2.59. The number of aromatic hydroxyl groups is 2. The summed E-state index contributed by atoms with van der Waals surface area (Å²) >= 11 is 0. The molecule has 2 aliphatic rings. The Balaban J connectivity index is 2.08. The highest BCUT2D eigenvalue weighted by Gasteiger charge is 2.57. The van der Waals surface area contributed by atoms with E-state index in [0.29, 0.717) is 18.4 Å². The molecular weight excluding hydrogens is 412 g/mol. The molecular formula is C25H30O7. The summed E-state index contributed by atoms with van der Waals surface area (Å²) < 4.78 is 6.15. The zero-order valence-corrected chi connectivity index (χ0v) is 18.8. The summed E-state index contributed by atoms with van der Waals surface area (Å²) in [6, 6.07) is 2.15. The minimum Gasteiger partial charge on any atom is -0.508 e. The van der Waals surface area contributed by atoms with E-state index in [2.05, 4.69) is 6.58 Å². The lowest BCUT2D eigenvalue weighted by molar-refractivity contribution is -0.150. The first-order valence-corrected chi connectivity index (χ1v) is 10.5. The van der Waals surface area contributed by atoms with Crippen molar-refractivity contribution in [2.75, 3.05) is 0 Å². The second-order valence-electron chi connectivity index (χ2n) is 9.26. The summed E-state index contributed by atoms with van der Waals surface area (Å²) in [5.74, 6) is -2.06. The summed E-state index contributed by atoms with van der Waals surface area (Å²) in [6.45, 7) is 10.6. The smallest absolute Gasteiger partial charge is 0.200 e. The fourth-order valence-corrected chi connectivity index (χ4v) is 4.14. The molecule has 4 N–H and O–H groups in total. The third-order valence-electron chi connectivity index (χ3n) is 6.21. The van der Waals surface area contributed by atoms with Gasteiger partial charge in [-0.1, -0.05) is 23.8 Å². The van der Waals surface area contributed by atoms with Gasteiger partial charge in [-0.05, 0) is 52.7 Å². The van der Waals surface area contributed by atoms with Crippen LogP contribution in [0.4, 0.5) is 0 Å². The Bertz CT molecular complexity index is 1050. The zero-order chi connectivity index (χ0) is 24.0. The molecule has 7 nitrogen and oxygen atoms in total. The van der Waals surface area contributed by atoms with E-state index in [0.717, 1.165) is 17.7 Å². The lowest BCUT2D eigenvalue weighted by atomic mass is 9.69. The normalized spacial score (nSPS) is 25.6. The Morgan fingerprint density at radius 1 is 1.25 bits per heavy atom. The molecule has 1 heterocycles. The van der Waals surface area contributed by atoms with E-state index in [1.54, 1.807) is 26.8 Å². The van der Waals surface area contributed by atoms with Gasteiger partial charge in [0.05, 0.1) is 17.3 Å². The van der Waals surface area contributed by atoms with Crippen molar-refractivity contribution in [1.29, 1.82) is 0 Å². The second-order valence-corrected chi connectivity index (χ2v) is 9.26. The predicted molar refractivity (Wildman–Crippen MR) is 119 cm³/mol. The van der Waals surface area contributed by atoms with Crippen LogP contribution < -0.4 is 0 Å². The monoisotopic (exact) mass is 442 g/mol. The van der Waals surface area contributed by atoms with Gasteiger partial charge in [0.2, 0.25) is 5.78 Å². The van der Waals surface area contributed by atoms with Crippen LogP contribution in [0, 0.1) is 0 Å². The van der Waals surface area contributed by atoms with Gasteiger partial charge in [0.15, 0.2) is 11.4 Å². The Morgan fingerprint density at radius 3 is 2.53 bits per heavy atom. The van der Waals surface area contributed by atoms with Gasteiger partial charge in [-0.3, -0.25) is 9.59 Å². The van der Waals surface area contributed by atoms with Crippen molar-refractivity contribution in [3.05, 3.63) is 58.7 Å². The van der Waals surface area contributed by atoms with E-state index in [4.69, 9.17) is 4.74 Å². The number of allylic oxidation sites excluding steroid dienone is 1. The maximum atomic E-state index is 13.7. The number of phenols is 2. The van der Waals surface area contributed by atoms with Gasteiger partial charge in [0.1, 0.15) is 17.6 Å². The number of carbonyl (C=O) groups is 2. The molecule has 0 saturated heterocycles. The molecule has 1 aliphatic carbocycles. The number of rotatable bonds is 6. The molecule has 32 heavy (non-hydrogen) atoms. The third-order valence-corrected chi connectivity index (χ3v) is 6.21. The number of Topliss-reactive ketones (excluding diaryl/α,β-unsaturated/α-hetero) is 2. The van der Waals surface area contributed by atoms with Gasteiger partial charge in [-0.2, -0.15) is 0 Å². The number of phenolic OH excluding ortho intramolecular Hbond substituents is 2. The number of hydrogen-bond donors (Lipinski definition) is 4. The summed E-state index contributed by atoms with van der Waals surface area (Å²) in [7, 11) is 0. The number of ether oxygens (including phenoxy) is 1. The molecule has 0 fully saturated rings. The van der Waals surface area contributed by atoms with Crippen LogP contribution in [0.5, 0.6) is 11.5 Å². The maximum absolute atomic E-state index is 13.7. The summed E-state index contributed by atoms with van der Waals surface area (Å²) in [6.07, 6.45) is 2.37. The Morgan fingerprint density at radius 2 is 1.91 bits per heavy atom. The topological polar surface area (TPSA) is 124 Å². The average molecular weight is 443 g/mol. The van der Waals surface area contributed by atoms with Crippen molar-refractivity contribution >= 4 is 11.6 Å². The molecule has 0 amide bonds. The van der Waals surface area contributed by atoms with Gasteiger partial charge in [0, 0.05) is 23.6 Å². The van der Waals surface area contributed by atoms with Crippen molar-refractivity contribution in [2.24, 2.45) is 0 Å². The number of fused-ring (bicyclic) bond motifs is 2. The van der Waals surface area contributed by atoms with Crippen molar-refractivity contribution in [2.45, 2.75) is 70.4 Å². The van der Waals surface area contributed by atoms with Gasteiger partial charge in [-0.15, -0.1) is 0 Å². The first-order chi connectivity index (χ1) is 14.8. The van der Waals surface area contributed by atoms with Crippen LogP contribution in [0.3, 0.4) is 0 Å². The number of aliphatic hydroxyl groups excluding tert-OH is 2. The van der Waals surface area contributed by atoms with Crippen LogP contribution in [0.1, 0.15) is 67.7 Å². The molecule has 7 heteroatoms. The quantitative estimate of drug-likeness (QED) is 0.498. The van der Waals surface area contributed by atoms with E-state index >= 15 is 0 Å². The Labute approximate surface area is 187 Å². The summed E-state index contributed by atoms with van der Waals surface area (Å²) in [5, 5.41) is 40.7. The van der Waals surface area contributed by atoms with E-state index in [1.165, 1.54) is 6.08 Å². The van der Waals surface area contributed by atoms with Gasteiger partial charge < -0.3 is 25.2 Å². The number of aliphatic hydroxyl groups is 2. The van der Waals surface area contributed by atoms with Gasteiger partial charge >= 0.3 is 0 Å². The molecule has 3 rings (SSSR count). The molecule has 0 aromatic heterocycles. The molecule has 1 aromatic rings. The second kappa shape index (κ2) is 8.31. The van der Waals surface area contributed by atoms with E-state index in [9.17, 15) is 30.0 Å². The van der Waals surface area contributed by atoms with Gasteiger partial charge in [0.25, 0.3) is 0 Å². The molecule has 1 aromatic carbocycles. The molecule has 0 saturated carbocycles. The molecule has 3 atom stereocenters. The van der Waals surface area contributed by atoms with Crippen molar-refractivity contribution in [3.8, 4) is 11.5 Å². The van der Waals surface area contributed by atoms with Crippen molar-refractivity contribution < 1.29 is 34.8 Å². The van der Waals surface area contributed by atoms with Crippen LogP contribution in [-0.4, -0.2) is 55.4 Å². The van der Waals surface area contributed by atoms with Crippen LogP contribution in [0.15, 0.2) is 47.6 Å². The molecule has 0 radical (unpaired) electrons. The highest BCUT2D eigenvalue weighted by Crippen LogP contribution is 2.48. The van der Waals surface area contributed by atoms with Crippen LogP contribution in [0.25, 0.3) is 0 Å².